The molecule has 7 heteroatoms. The van der Waals surface area contributed by atoms with Gasteiger partial charge in [-0.15, -0.1) is 0 Å². The molecule has 0 spiro atoms. The van der Waals surface area contributed by atoms with E-state index in [2.05, 4.69) is 31.3 Å². The van der Waals surface area contributed by atoms with Crippen molar-refractivity contribution < 1.29 is 14.3 Å². The molecule has 1 aliphatic rings. The van der Waals surface area contributed by atoms with E-state index in [1.807, 2.05) is 71.4 Å². The van der Waals surface area contributed by atoms with Gasteiger partial charge in [0, 0.05) is 29.9 Å². The Labute approximate surface area is 235 Å². The lowest BCUT2D eigenvalue weighted by molar-refractivity contribution is -0.138. The number of benzene rings is 3. The Morgan fingerprint density at radius 3 is 2.38 bits per heavy atom. The normalized spacial score (nSPS) is 13.3. The first kappa shape index (κ1) is 27.2. The largest absolute Gasteiger partial charge is 0.497 e. The second-order valence-corrected chi connectivity index (χ2v) is 10.5. The van der Waals surface area contributed by atoms with Crippen molar-refractivity contribution in [2.45, 2.75) is 46.1 Å². The Morgan fingerprint density at radius 1 is 0.975 bits per heavy atom. The number of imidazole rings is 1. The third-order valence-corrected chi connectivity index (χ3v) is 7.68. The fraction of sp³-hybridized carbons (Fsp3) is 0.303. The summed E-state index contributed by atoms with van der Waals surface area (Å²) in [5.41, 5.74) is 5.85. The van der Waals surface area contributed by atoms with Gasteiger partial charge < -0.3 is 9.64 Å². The van der Waals surface area contributed by atoms with Gasteiger partial charge in [0.25, 0.3) is 0 Å². The minimum Gasteiger partial charge on any atom is -0.497 e. The van der Waals surface area contributed by atoms with E-state index in [4.69, 9.17) is 9.72 Å². The minimum absolute atomic E-state index is 0.0179. The summed E-state index contributed by atoms with van der Waals surface area (Å²) in [7, 11) is 1.63. The van der Waals surface area contributed by atoms with Crippen LogP contribution in [0, 0.1) is 19.8 Å². The van der Waals surface area contributed by atoms with Gasteiger partial charge in [-0.1, -0.05) is 49.2 Å². The molecule has 0 atom stereocenters. The number of aryl methyl sites for hydroxylation is 2. The van der Waals surface area contributed by atoms with Crippen molar-refractivity contribution in [3.05, 3.63) is 95.7 Å². The highest BCUT2D eigenvalue weighted by atomic mass is 16.5. The van der Waals surface area contributed by atoms with E-state index in [1.165, 1.54) is 5.56 Å². The van der Waals surface area contributed by atoms with Gasteiger partial charge in [0.15, 0.2) is 0 Å². The van der Waals surface area contributed by atoms with E-state index in [0.717, 1.165) is 59.5 Å². The Bertz CT molecular complexity index is 1470. The summed E-state index contributed by atoms with van der Waals surface area (Å²) in [6, 6.07) is 23.6. The summed E-state index contributed by atoms with van der Waals surface area (Å²) in [4.78, 5) is 33.4. The first-order valence-electron chi connectivity index (χ1n) is 13.9. The van der Waals surface area contributed by atoms with Gasteiger partial charge in [0.05, 0.1) is 12.8 Å². The smallest absolute Gasteiger partial charge is 0.246 e. The number of ether oxygens (including phenoxy) is 1. The van der Waals surface area contributed by atoms with Crippen LogP contribution < -0.4 is 10.1 Å². The van der Waals surface area contributed by atoms with E-state index in [-0.39, 0.29) is 24.3 Å². The lowest BCUT2D eigenvalue weighted by Crippen LogP contribution is -2.40. The van der Waals surface area contributed by atoms with Gasteiger partial charge in [-0.25, -0.2) is 4.98 Å². The molecule has 7 nitrogen and oxygen atoms in total. The predicted octanol–water partition coefficient (Wildman–Crippen LogP) is 6.32. The lowest BCUT2D eigenvalue weighted by Gasteiger charge is -2.25. The average Bonchev–Trinajstić information content (AvgIpc) is 3.65. The zero-order valence-electron chi connectivity index (χ0n) is 23.4. The molecule has 3 aromatic carbocycles. The van der Waals surface area contributed by atoms with Gasteiger partial charge in [-0.2, -0.15) is 0 Å². The molecule has 5 rings (SSSR count). The fourth-order valence-electron chi connectivity index (χ4n) is 5.23. The van der Waals surface area contributed by atoms with E-state index in [1.54, 1.807) is 12.0 Å². The number of carbonyl (C=O) groups excluding carboxylic acids is 2. The van der Waals surface area contributed by atoms with Gasteiger partial charge in [0.2, 0.25) is 17.8 Å². The Balaban J connectivity index is 1.43. The van der Waals surface area contributed by atoms with Gasteiger partial charge in [-0.3, -0.25) is 19.5 Å². The lowest BCUT2D eigenvalue weighted by atomic mass is 10.1. The number of methoxy groups -OCH3 is 1. The van der Waals surface area contributed by atoms with Crippen molar-refractivity contribution in [2.75, 3.05) is 19.0 Å². The summed E-state index contributed by atoms with van der Waals surface area (Å²) in [6.07, 6.45) is 5.81. The van der Waals surface area contributed by atoms with Gasteiger partial charge in [0.1, 0.15) is 12.3 Å². The minimum atomic E-state index is -0.278. The molecule has 0 bridgehead atoms. The monoisotopic (exact) mass is 536 g/mol. The molecule has 4 aromatic rings. The van der Waals surface area contributed by atoms with Crippen LogP contribution in [0.1, 0.15) is 42.4 Å². The first-order valence-corrected chi connectivity index (χ1v) is 13.9. The van der Waals surface area contributed by atoms with Crippen molar-refractivity contribution in [3.8, 4) is 22.7 Å². The van der Waals surface area contributed by atoms with Crippen LogP contribution in [0.5, 0.6) is 5.75 Å². The number of nitrogens with zero attached hydrogens (tertiary/aromatic N) is 3. The maximum absolute atomic E-state index is 13.5. The fourth-order valence-corrected chi connectivity index (χ4v) is 5.23. The molecule has 40 heavy (non-hydrogen) atoms. The molecular weight excluding hydrogens is 500 g/mol. The topological polar surface area (TPSA) is 76.5 Å². The zero-order chi connectivity index (χ0) is 28.1. The maximum atomic E-state index is 13.5. The number of aromatic nitrogens is 2. The van der Waals surface area contributed by atoms with Gasteiger partial charge >= 0.3 is 0 Å². The number of rotatable bonds is 9. The highest BCUT2D eigenvalue weighted by molar-refractivity contribution is 5.94. The number of anilines is 1. The van der Waals surface area contributed by atoms with Crippen LogP contribution in [0.2, 0.25) is 0 Å². The van der Waals surface area contributed by atoms with E-state index in [0.29, 0.717) is 12.5 Å². The van der Waals surface area contributed by atoms with Crippen LogP contribution in [-0.4, -0.2) is 39.9 Å². The number of carbonyl (C=O) groups is 2. The predicted molar refractivity (Wildman–Crippen MR) is 157 cm³/mol. The standard InChI is InChI=1S/C33H36N4O3/c1-23-13-16-28(19-24(23)2)37-21-30(26-14-17-29(40-3)18-15-26)34-33(37)35-31(38)22-36(20-25-9-5-4-6-10-25)32(39)27-11-7-8-12-27/h4-6,9-10,13-19,21,27H,7-8,11-12,20,22H2,1-3H3,(H,34,35,38). The molecule has 0 radical (unpaired) electrons. The van der Waals surface area contributed by atoms with Crippen molar-refractivity contribution in [1.29, 1.82) is 0 Å². The number of amides is 2. The van der Waals surface area contributed by atoms with Crippen molar-refractivity contribution in [2.24, 2.45) is 5.92 Å². The quantitative estimate of drug-likeness (QED) is 0.272. The van der Waals surface area contributed by atoms with Crippen LogP contribution in [0.15, 0.2) is 79.0 Å². The molecule has 206 valence electrons. The number of hydrogen-bond acceptors (Lipinski definition) is 4. The molecule has 1 heterocycles. The summed E-state index contributed by atoms with van der Waals surface area (Å²) >= 11 is 0. The molecule has 2 amide bonds. The van der Waals surface area contributed by atoms with Crippen molar-refractivity contribution in [1.82, 2.24) is 14.5 Å². The number of nitrogens with one attached hydrogen (secondary N) is 1. The average molecular weight is 537 g/mol. The van der Waals surface area contributed by atoms with E-state index in [9.17, 15) is 9.59 Å². The molecule has 0 aliphatic heterocycles. The molecule has 0 unspecified atom stereocenters. The Kier molecular flexibility index (Phi) is 8.29. The summed E-state index contributed by atoms with van der Waals surface area (Å²) in [5.74, 6) is 0.922. The number of hydrogen-bond donors (Lipinski definition) is 1. The molecule has 0 saturated heterocycles. The van der Waals surface area contributed by atoms with Crippen molar-refractivity contribution >= 4 is 17.8 Å². The Morgan fingerprint density at radius 2 is 1.70 bits per heavy atom. The van der Waals surface area contributed by atoms with E-state index >= 15 is 0 Å². The van der Waals surface area contributed by atoms with Crippen molar-refractivity contribution in [3.63, 3.8) is 0 Å². The highest BCUT2D eigenvalue weighted by Crippen LogP contribution is 2.29. The second-order valence-electron chi connectivity index (χ2n) is 10.5. The zero-order valence-corrected chi connectivity index (χ0v) is 23.4. The van der Waals surface area contributed by atoms with Gasteiger partial charge in [-0.05, 0) is 79.8 Å². The summed E-state index contributed by atoms with van der Waals surface area (Å²) in [6.45, 7) is 4.49. The summed E-state index contributed by atoms with van der Waals surface area (Å²) < 4.78 is 7.19. The van der Waals surface area contributed by atoms with Crippen LogP contribution in [0.3, 0.4) is 0 Å². The van der Waals surface area contributed by atoms with Crippen LogP contribution in [0.25, 0.3) is 16.9 Å². The molecular formula is C33H36N4O3. The molecule has 1 fully saturated rings. The van der Waals surface area contributed by atoms with Crippen LogP contribution in [-0.2, 0) is 16.1 Å². The SMILES string of the molecule is COc1ccc(-c2cn(-c3ccc(C)c(C)c3)c(NC(=O)CN(Cc3ccccc3)C(=O)C3CCCC3)n2)cc1. The molecule has 1 aromatic heterocycles. The van der Waals surface area contributed by atoms with Crippen LogP contribution in [0.4, 0.5) is 5.95 Å². The first-order chi connectivity index (χ1) is 19.4. The Hall–Kier alpha value is -4.39. The molecule has 1 aliphatic carbocycles. The second kappa shape index (κ2) is 12.2. The molecule has 1 N–H and O–H groups in total. The van der Waals surface area contributed by atoms with Crippen LogP contribution >= 0.6 is 0 Å². The third kappa shape index (κ3) is 6.25. The summed E-state index contributed by atoms with van der Waals surface area (Å²) in [5, 5.41) is 3.01. The molecule has 1 saturated carbocycles. The highest BCUT2D eigenvalue weighted by Gasteiger charge is 2.29. The third-order valence-electron chi connectivity index (χ3n) is 7.68. The maximum Gasteiger partial charge on any atom is 0.246 e. The van der Waals surface area contributed by atoms with E-state index < -0.39 is 0 Å².